The first kappa shape index (κ1) is 18.5. The summed E-state index contributed by atoms with van der Waals surface area (Å²) in [5, 5.41) is 2.83. The van der Waals surface area contributed by atoms with Gasteiger partial charge in [-0.15, -0.1) is 0 Å². The molecule has 1 N–H and O–H groups in total. The fourth-order valence-corrected chi connectivity index (χ4v) is 3.34. The summed E-state index contributed by atoms with van der Waals surface area (Å²) in [6.45, 7) is 0. The van der Waals surface area contributed by atoms with Gasteiger partial charge >= 0.3 is 5.97 Å². The summed E-state index contributed by atoms with van der Waals surface area (Å²) in [6, 6.07) is 16.9. The number of carbonyl (C=O) groups excluding carboxylic acids is 2. The summed E-state index contributed by atoms with van der Waals surface area (Å²) in [5.41, 5.74) is 0.389. The molecular formula is C22H21NO4. The lowest BCUT2D eigenvalue weighted by Crippen LogP contribution is -2.53. The van der Waals surface area contributed by atoms with E-state index >= 15 is 0 Å². The van der Waals surface area contributed by atoms with Crippen LogP contribution in [0.5, 0.6) is 5.75 Å². The van der Waals surface area contributed by atoms with Crippen molar-refractivity contribution in [2.45, 2.75) is 24.3 Å². The third kappa shape index (κ3) is 3.80. The molecule has 5 nitrogen and oxygen atoms in total. The van der Waals surface area contributed by atoms with Crippen LogP contribution in [-0.2, 0) is 14.3 Å². The Labute approximate surface area is 158 Å². The number of nitrogens with one attached hydrogen (secondary N) is 1. The Balaban J connectivity index is 2.12. The minimum absolute atomic E-state index is 0.185. The standard InChI is InChI=1S/C22H21NO4/c1-26-18-10-6-9-17(15-18)19(12-11-16-7-4-3-5-8-16)22(21(25)27-2)14-13-20(24)23-22/h3-10,15,19H,13-14H2,1-2H3,(H,23,24)/t19-,22+/m0/s1. The van der Waals surface area contributed by atoms with Crippen LogP contribution in [0.15, 0.2) is 54.6 Å². The number of hydrogen-bond donors (Lipinski definition) is 1. The first-order valence-corrected chi connectivity index (χ1v) is 8.69. The molecule has 0 radical (unpaired) electrons. The highest BCUT2D eigenvalue weighted by molar-refractivity contribution is 5.93. The van der Waals surface area contributed by atoms with Crippen LogP contribution < -0.4 is 10.1 Å². The second kappa shape index (κ2) is 7.96. The van der Waals surface area contributed by atoms with E-state index in [9.17, 15) is 9.59 Å². The Morgan fingerprint density at radius 1 is 1.15 bits per heavy atom. The van der Waals surface area contributed by atoms with Gasteiger partial charge in [-0.3, -0.25) is 4.79 Å². The molecule has 0 aromatic heterocycles. The van der Waals surface area contributed by atoms with Gasteiger partial charge in [0.1, 0.15) is 5.75 Å². The highest BCUT2D eigenvalue weighted by atomic mass is 16.5. The Kier molecular flexibility index (Phi) is 5.46. The average molecular weight is 363 g/mol. The maximum Gasteiger partial charge on any atom is 0.333 e. The summed E-state index contributed by atoms with van der Waals surface area (Å²) < 4.78 is 10.4. The Hall–Kier alpha value is -3.26. The molecular weight excluding hydrogens is 342 g/mol. The van der Waals surface area contributed by atoms with E-state index in [0.29, 0.717) is 12.2 Å². The molecule has 5 heteroatoms. The Bertz CT molecular complexity index is 897. The normalized spacial score (nSPS) is 19.4. The van der Waals surface area contributed by atoms with Gasteiger partial charge in [0, 0.05) is 12.0 Å². The van der Waals surface area contributed by atoms with E-state index in [4.69, 9.17) is 9.47 Å². The number of rotatable bonds is 4. The molecule has 0 aliphatic carbocycles. The summed E-state index contributed by atoms with van der Waals surface area (Å²) in [7, 11) is 2.90. The molecule has 0 spiro atoms. The van der Waals surface area contributed by atoms with Crippen LogP contribution in [0.2, 0.25) is 0 Å². The van der Waals surface area contributed by atoms with Crippen LogP contribution in [0.25, 0.3) is 0 Å². The van der Waals surface area contributed by atoms with Crippen molar-refractivity contribution in [3.05, 3.63) is 65.7 Å². The van der Waals surface area contributed by atoms with Crippen molar-refractivity contribution in [1.82, 2.24) is 5.32 Å². The lowest BCUT2D eigenvalue weighted by Gasteiger charge is -2.32. The molecule has 2 atom stereocenters. The third-order valence-electron chi connectivity index (χ3n) is 4.71. The minimum atomic E-state index is -1.22. The van der Waals surface area contributed by atoms with E-state index in [2.05, 4.69) is 17.2 Å². The van der Waals surface area contributed by atoms with Gasteiger partial charge in [0.2, 0.25) is 5.91 Å². The molecule has 1 aliphatic rings. The van der Waals surface area contributed by atoms with Gasteiger partial charge in [0.05, 0.1) is 20.1 Å². The smallest absolute Gasteiger partial charge is 0.333 e. The average Bonchev–Trinajstić information content (AvgIpc) is 3.11. The third-order valence-corrected chi connectivity index (χ3v) is 4.71. The lowest BCUT2D eigenvalue weighted by atomic mass is 9.78. The van der Waals surface area contributed by atoms with E-state index in [-0.39, 0.29) is 12.3 Å². The number of ether oxygens (including phenoxy) is 2. The monoisotopic (exact) mass is 363 g/mol. The van der Waals surface area contributed by atoms with Crippen LogP contribution in [0.1, 0.15) is 29.9 Å². The SMILES string of the molecule is COC(=O)[C@]1([C@@H](C#Cc2ccccc2)c2cccc(OC)c2)CCC(=O)N1. The van der Waals surface area contributed by atoms with Crippen LogP contribution in [0.3, 0.4) is 0 Å². The van der Waals surface area contributed by atoms with Gasteiger partial charge < -0.3 is 14.8 Å². The van der Waals surface area contributed by atoms with Crippen molar-refractivity contribution in [1.29, 1.82) is 0 Å². The van der Waals surface area contributed by atoms with Gasteiger partial charge in [-0.1, -0.05) is 42.2 Å². The second-order valence-electron chi connectivity index (χ2n) is 6.36. The molecule has 0 saturated carbocycles. The molecule has 2 aromatic rings. The summed E-state index contributed by atoms with van der Waals surface area (Å²) in [5.74, 6) is 5.72. The Morgan fingerprint density at radius 2 is 1.93 bits per heavy atom. The zero-order chi connectivity index (χ0) is 19.3. The van der Waals surface area contributed by atoms with Gasteiger partial charge in [-0.05, 0) is 36.2 Å². The molecule has 0 bridgehead atoms. The fourth-order valence-electron chi connectivity index (χ4n) is 3.34. The molecule has 1 saturated heterocycles. The van der Waals surface area contributed by atoms with Crippen molar-refractivity contribution in [3.63, 3.8) is 0 Å². The largest absolute Gasteiger partial charge is 0.497 e. The van der Waals surface area contributed by atoms with Gasteiger partial charge in [-0.25, -0.2) is 4.79 Å². The fraction of sp³-hybridized carbons (Fsp3) is 0.273. The highest BCUT2D eigenvalue weighted by Crippen LogP contribution is 2.37. The maximum atomic E-state index is 12.7. The van der Waals surface area contributed by atoms with E-state index in [1.54, 1.807) is 7.11 Å². The number of benzene rings is 2. The van der Waals surface area contributed by atoms with Crippen molar-refractivity contribution in [3.8, 4) is 17.6 Å². The molecule has 1 amide bonds. The predicted octanol–water partition coefficient (Wildman–Crippen LogP) is 2.65. The molecule has 0 unspecified atom stereocenters. The maximum absolute atomic E-state index is 12.7. The van der Waals surface area contributed by atoms with Crippen molar-refractivity contribution < 1.29 is 19.1 Å². The van der Waals surface area contributed by atoms with Crippen molar-refractivity contribution in [2.24, 2.45) is 0 Å². The van der Waals surface area contributed by atoms with E-state index in [1.165, 1.54) is 7.11 Å². The number of hydrogen-bond acceptors (Lipinski definition) is 4. The minimum Gasteiger partial charge on any atom is -0.497 e. The zero-order valence-corrected chi connectivity index (χ0v) is 15.3. The first-order chi connectivity index (χ1) is 13.1. The summed E-state index contributed by atoms with van der Waals surface area (Å²) in [4.78, 5) is 24.7. The molecule has 138 valence electrons. The van der Waals surface area contributed by atoms with E-state index in [0.717, 1.165) is 11.1 Å². The van der Waals surface area contributed by atoms with E-state index < -0.39 is 17.4 Å². The first-order valence-electron chi connectivity index (χ1n) is 8.69. The topological polar surface area (TPSA) is 64.6 Å². The van der Waals surface area contributed by atoms with E-state index in [1.807, 2.05) is 54.6 Å². The molecule has 2 aromatic carbocycles. The lowest BCUT2D eigenvalue weighted by molar-refractivity contribution is -0.149. The van der Waals surface area contributed by atoms with Crippen LogP contribution in [-0.4, -0.2) is 31.6 Å². The summed E-state index contributed by atoms with van der Waals surface area (Å²) >= 11 is 0. The number of carbonyl (C=O) groups is 2. The number of methoxy groups -OCH3 is 2. The molecule has 1 fully saturated rings. The van der Waals surface area contributed by atoms with Crippen LogP contribution in [0, 0.1) is 11.8 Å². The molecule has 3 rings (SSSR count). The van der Waals surface area contributed by atoms with Crippen molar-refractivity contribution >= 4 is 11.9 Å². The second-order valence-corrected chi connectivity index (χ2v) is 6.36. The molecule has 27 heavy (non-hydrogen) atoms. The Morgan fingerprint density at radius 3 is 2.56 bits per heavy atom. The summed E-state index contributed by atoms with van der Waals surface area (Å²) in [6.07, 6.45) is 0.576. The highest BCUT2D eigenvalue weighted by Gasteiger charge is 2.52. The number of esters is 1. The van der Waals surface area contributed by atoms with Gasteiger partial charge in [0.15, 0.2) is 5.54 Å². The van der Waals surface area contributed by atoms with Crippen molar-refractivity contribution in [2.75, 3.05) is 14.2 Å². The number of amides is 1. The quantitative estimate of drug-likeness (QED) is 0.670. The molecule has 1 heterocycles. The predicted molar refractivity (Wildman–Crippen MR) is 101 cm³/mol. The van der Waals surface area contributed by atoms with Crippen LogP contribution in [0.4, 0.5) is 0 Å². The van der Waals surface area contributed by atoms with Gasteiger partial charge in [0.25, 0.3) is 0 Å². The van der Waals surface area contributed by atoms with Crippen LogP contribution >= 0.6 is 0 Å². The van der Waals surface area contributed by atoms with Gasteiger partial charge in [-0.2, -0.15) is 0 Å². The molecule has 1 aliphatic heterocycles. The zero-order valence-electron chi connectivity index (χ0n) is 15.3.